The number of carbonyl (C=O) groups is 1. The number of benzene rings is 2. The van der Waals surface area contributed by atoms with Gasteiger partial charge < -0.3 is 0 Å². The van der Waals surface area contributed by atoms with E-state index >= 15 is 0 Å². The lowest BCUT2D eigenvalue weighted by Crippen LogP contribution is -2.05. The molecule has 0 amide bonds. The monoisotopic (exact) mass is 250 g/mol. The molecule has 0 aliphatic heterocycles. The molecule has 1 N–H and O–H groups in total. The second-order valence-corrected chi connectivity index (χ2v) is 5.12. The zero-order valence-corrected chi connectivity index (χ0v) is 9.86. The van der Waals surface area contributed by atoms with Crippen LogP contribution >= 0.6 is 0 Å². The number of aldehydes is 1. The fraction of sp³-hybridized carbons (Fsp3) is 0.0833. The standard InChI is InChI=1S/C12H10O4S/c1-8-10-5-3-2-4-9(10)6-12(11(8)7-13)17(14,15)16/h2-7H,1H3,(H,14,15,16). The SMILES string of the molecule is Cc1c(C=O)c(S(=O)(=O)O)cc2ccccc12. The van der Waals surface area contributed by atoms with Gasteiger partial charge in [0.05, 0.1) is 0 Å². The van der Waals surface area contributed by atoms with Gasteiger partial charge in [-0.3, -0.25) is 9.35 Å². The summed E-state index contributed by atoms with van der Waals surface area (Å²) in [6, 6.07) is 8.39. The van der Waals surface area contributed by atoms with Crippen molar-refractivity contribution in [3.05, 3.63) is 41.5 Å². The lowest BCUT2D eigenvalue weighted by molar-refractivity contribution is 0.111. The Hall–Kier alpha value is -1.72. The number of hydrogen-bond acceptors (Lipinski definition) is 3. The molecule has 5 heteroatoms. The third-order valence-electron chi connectivity index (χ3n) is 2.72. The molecule has 0 aliphatic carbocycles. The molecule has 17 heavy (non-hydrogen) atoms. The van der Waals surface area contributed by atoms with E-state index < -0.39 is 10.1 Å². The van der Waals surface area contributed by atoms with Gasteiger partial charge in [-0.1, -0.05) is 24.3 Å². The average molecular weight is 250 g/mol. The minimum Gasteiger partial charge on any atom is -0.298 e. The van der Waals surface area contributed by atoms with Crippen molar-refractivity contribution in [3.63, 3.8) is 0 Å². The molecule has 0 aromatic heterocycles. The Morgan fingerprint density at radius 2 is 1.88 bits per heavy atom. The Bertz CT molecular complexity index is 702. The summed E-state index contributed by atoms with van der Waals surface area (Å²) in [6.45, 7) is 1.65. The summed E-state index contributed by atoms with van der Waals surface area (Å²) < 4.78 is 31.5. The van der Waals surface area contributed by atoms with Gasteiger partial charge in [0.15, 0.2) is 6.29 Å². The molecule has 2 aromatic carbocycles. The quantitative estimate of drug-likeness (QED) is 0.655. The van der Waals surface area contributed by atoms with E-state index in [-0.39, 0.29) is 10.5 Å². The lowest BCUT2D eigenvalue weighted by atomic mass is 10.0. The van der Waals surface area contributed by atoms with Crippen molar-refractivity contribution in [1.82, 2.24) is 0 Å². The van der Waals surface area contributed by atoms with E-state index in [9.17, 15) is 13.2 Å². The highest BCUT2D eigenvalue weighted by atomic mass is 32.2. The highest BCUT2D eigenvalue weighted by Crippen LogP contribution is 2.27. The molecule has 0 atom stereocenters. The Morgan fingerprint density at radius 3 is 2.47 bits per heavy atom. The predicted octanol–water partition coefficient (Wildman–Crippen LogP) is 2.21. The van der Waals surface area contributed by atoms with E-state index in [0.717, 1.165) is 5.39 Å². The number of carbonyl (C=O) groups excluding carboxylic acids is 1. The van der Waals surface area contributed by atoms with Gasteiger partial charge in [0.2, 0.25) is 0 Å². The van der Waals surface area contributed by atoms with Crippen molar-refractivity contribution in [2.75, 3.05) is 0 Å². The molecular formula is C12H10O4S. The molecule has 0 heterocycles. The summed E-state index contributed by atoms with van der Waals surface area (Å²) in [7, 11) is -4.39. The molecular weight excluding hydrogens is 240 g/mol. The van der Waals surface area contributed by atoms with E-state index in [1.165, 1.54) is 6.07 Å². The third-order valence-corrected chi connectivity index (χ3v) is 3.61. The van der Waals surface area contributed by atoms with Crippen LogP contribution in [0.3, 0.4) is 0 Å². The number of aryl methyl sites for hydroxylation is 1. The van der Waals surface area contributed by atoms with Crippen molar-refractivity contribution < 1.29 is 17.8 Å². The zero-order valence-electron chi connectivity index (χ0n) is 9.04. The second-order valence-electron chi connectivity index (χ2n) is 3.73. The van der Waals surface area contributed by atoms with Crippen molar-refractivity contribution >= 4 is 27.2 Å². The number of rotatable bonds is 2. The third kappa shape index (κ3) is 1.94. The van der Waals surface area contributed by atoms with Gasteiger partial charge in [-0.15, -0.1) is 0 Å². The second kappa shape index (κ2) is 3.94. The van der Waals surface area contributed by atoms with Gasteiger partial charge in [-0.05, 0) is 29.3 Å². The van der Waals surface area contributed by atoms with Gasteiger partial charge in [-0.2, -0.15) is 8.42 Å². The van der Waals surface area contributed by atoms with Crippen molar-refractivity contribution in [3.8, 4) is 0 Å². The highest BCUT2D eigenvalue weighted by molar-refractivity contribution is 7.86. The van der Waals surface area contributed by atoms with Crippen LogP contribution in [0.25, 0.3) is 10.8 Å². The topological polar surface area (TPSA) is 71.4 Å². The zero-order chi connectivity index (χ0) is 12.6. The normalized spacial score (nSPS) is 11.6. The maximum atomic E-state index is 11.2. The molecule has 0 aliphatic rings. The fourth-order valence-electron chi connectivity index (χ4n) is 1.87. The fourth-order valence-corrected chi connectivity index (χ4v) is 2.63. The molecule has 0 unspecified atom stereocenters. The molecule has 2 rings (SSSR count). The van der Waals surface area contributed by atoms with Crippen LogP contribution in [0.4, 0.5) is 0 Å². The van der Waals surface area contributed by atoms with Gasteiger partial charge in [0.1, 0.15) is 4.90 Å². The molecule has 0 bridgehead atoms. The van der Waals surface area contributed by atoms with Crippen molar-refractivity contribution in [1.29, 1.82) is 0 Å². The first-order chi connectivity index (χ1) is 7.95. The molecule has 2 aromatic rings. The molecule has 0 radical (unpaired) electrons. The Labute approximate surface area is 98.6 Å². The lowest BCUT2D eigenvalue weighted by Gasteiger charge is -2.09. The van der Waals surface area contributed by atoms with E-state index in [1.807, 2.05) is 0 Å². The van der Waals surface area contributed by atoms with Crippen LogP contribution in [0.2, 0.25) is 0 Å². The summed E-state index contributed by atoms with van der Waals surface area (Å²) in [5.41, 5.74) is 0.553. The summed E-state index contributed by atoms with van der Waals surface area (Å²) >= 11 is 0. The van der Waals surface area contributed by atoms with Crippen molar-refractivity contribution in [2.45, 2.75) is 11.8 Å². The largest absolute Gasteiger partial charge is 0.298 e. The summed E-state index contributed by atoms with van der Waals surface area (Å²) in [6.07, 6.45) is 0.449. The van der Waals surface area contributed by atoms with Crippen LogP contribution in [-0.4, -0.2) is 19.3 Å². The molecule has 0 saturated heterocycles. The molecule has 4 nitrogen and oxygen atoms in total. The van der Waals surface area contributed by atoms with E-state index in [1.54, 1.807) is 31.2 Å². The van der Waals surface area contributed by atoms with Crippen molar-refractivity contribution in [2.24, 2.45) is 0 Å². The highest BCUT2D eigenvalue weighted by Gasteiger charge is 2.18. The van der Waals surface area contributed by atoms with E-state index in [0.29, 0.717) is 17.2 Å². The van der Waals surface area contributed by atoms with E-state index in [4.69, 9.17) is 4.55 Å². The minimum atomic E-state index is -4.39. The molecule has 0 fully saturated rings. The van der Waals surface area contributed by atoms with Crippen LogP contribution in [0.1, 0.15) is 15.9 Å². The van der Waals surface area contributed by atoms with Crippen LogP contribution in [0.5, 0.6) is 0 Å². The maximum absolute atomic E-state index is 11.2. The van der Waals surface area contributed by atoms with Gasteiger partial charge in [-0.25, -0.2) is 0 Å². The van der Waals surface area contributed by atoms with Gasteiger partial charge in [0, 0.05) is 5.56 Å². The Morgan fingerprint density at radius 1 is 1.24 bits per heavy atom. The first-order valence-electron chi connectivity index (χ1n) is 4.90. The minimum absolute atomic E-state index is 0.00574. The predicted molar refractivity (Wildman–Crippen MR) is 63.9 cm³/mol. The van der Waals surface area contributed by atoms with Gasteiger partial charge in [0.25, 0.3) is 10.1 Å². The first kappa shape index (κ1) is 11.8. The van der Waals surface area contributed by atoms with Crippen LogP contribution < -0.4 is 0 Å². The first-order valence-corrected chi connectivity index (χ1v) is 6.34. The number of fused-ring (bicyclic) bond motifs is 1. The Balaban J connectivity index is 3.00. The summed E-state index contributed by atoms with van der Waals surface area (Å²) in [5.74, 6) is 0. The summed E-state index contributed by atoms with van der Waals surface area (Å²) in [4.78, 5) is 10.6. The summed E-state index contributed by atoms with van der Waals surface area (Å²) in [5, 5.41) is 1.46. The average Bonchev–Trinajstić information content (AvgIpc) is 2.28. The molecule has 0 saturated carbocycles. The Kier molecular flexibility index (Phi) is 2.73. The van der Waals surface area contributed by atoms with Crippen LogP contribution in [0.15, 0.2) is 35.2 Å². The molecule has 0 spiro atoms. The maximum Gasteiger partial charge on any atom is 0.295 e. The van der Waals surface area contributed by atoms with Crippen LogP contribution in [-0.2, 0) is 10.1 Å². The van der Waals surface area contributed by atoms with E-state index in [2.05, 4.69) is 0 Å². The van der Waals surface area contributed by atoms with Crippen LogP contribution in [0, 0.1) is 6.92 Å². The van der Waals surface area contributed by atoms with Gasteiger partial charge >= 0.3 is 0 Å². The number of hydrogen-bond donors (Lipinski definition) is 1. The smallest absolute Gasteiger partial charge is 0.295 e. The molecule has 88 valence electrons.